The summed E-state index contributed by atoms with van der Waals surface area (Å²) >= 11 is 5.98. The third-order valence-corrected chi connectivity index (χ3v) is 2.54. The number of carboxylic acids is 1. The zero-order valence-corrected chi connectivity index (χ0v) is 9.72. The van der Waals surface area contributed by atoms with E-state index < -0.39 is 5.97 Å². The molecule has 0 aliphatic rings. The Labute approximate surface area is 102 Å². The van der Waals surface area contributed by atoms with E-state index in [1.165, 1.54) is 17.1 Å². The van der Waals surface area contributed by atoms with Gasteiger partial charge in [0.25, 0.3) is 5.95 Å². The van der Waals surface area contributed by atoms with Crippen molar-refractivity contribution in [3.05, 3.63) is 34.9 Å². The lowest BCUT2D eigenvalue weighted by molar-refractivity contribution is 0.0696. The molecule has 0 saturated carbocycles. The molecule has 0 radical (unpaired) electrons. The van der Waals surface area contributed by atoms with Crippen LogP contribution in [0.3, 0.4) is 0 Å². The second-order valence-corrected chi connectivity index (χ2v) is 3.59. The fraction of sp³-hybridized carbons (Fsp3) is 0.200. The lowest BCUT2D eigenvalue weighted by Gasteiger charge is -1.98. The highest BCUT2D eigenvalue weighted by Crippen LogP contribution is 2.22. The number of aromatic nitrogens is 4. The molecule has 17 heavy (non-hydrogen) atoms. The molecule has 0 fully saturated rings. The second kappa shape index (κ2) is 4.50. The zero-order chi connectivity index (χ0) is 12.4. The molecule has 0 amide bonds. The summed E-state index contributed by atoms with van der Waals surface area (Å²) in [5.41, 5.74) is 0.413. The predicted octanol–water partition coefficient (Wildman–Crippen LogP) is 1.58. The Hall–Kier alpha value is -1.95. The minimum atomic E-state index is -1.10. The van der Waals surface area contributed by atoms with E-state index in [4.69, 9.17) is 16.7 Å². The summed E-state index contributed by atoms with van der Waals surface area (Å²) in [4.78, 5) is 19.0. The summed E-state index contributed by atoms with van der Waals surface area (Å²) in [5.74, 6) is -0.853. The zero-order valence-electron chi connectivity index (χ0n) is 8.96. The molecule has 0 aromatic carbocycles. The van der Waals surface area contributed by atoms with E-state index in [-0.39, 0.29) is 16.7 Å². The normalized spacial score (nSPS) is 10.5. The maximum atomic E-state index is 11.1. The van der Waals surface area contributed by atoms with Crippen LogP contribution in [0.1, 0.15) is 23.0 Å². The molecule has 2 aromatic heterocycles. The molecule has 2 aromatic rings. The highest BCUT2D eigenvalue weighted by Gasteiger charge is 2.22. The summed E-state index contributed by atoms with van der Waals surface area (Å²) < 4.78 is 1.23. The number of carbonyl (C=O) groups is 1. The third-order valence-electron chi connectivity index (χ3n) is 2.19. The van der Waals surface area contributed by atoms with Crippen molar-refractivity contribution in [2.45, 2.75) is 13.3 Å². The topological polar surface area (TPSA) is 80.9 Å². The van der Waals surface area contributed by atoms with Crippen LogP contribution in [0.4, 0.5) is 0 Å². The van der Waals surface area contributed by atoms with Gasteiger partial charge in [-0.3, -0.25) is 0 Å². The first-order valence-corrected chi connectivity index (χ1v) is 5.31. The van der Waals surface area contributed by atoms with Crippen LogP contribution in [-0.4, -0.2) is 30.8 Å². The number of carboxylic acid groups (broad SMARTS) is 1. The highest BCUT2D eigenvalue weighted by atomic mass is 35.5. The lowest BCUT2D eigenvalue weighted by atomic mass is 10.2. The van der Waals surface area contributed by atoms with Gasteiger partial charge in [-0.2, -0.15) is 9.78 Å². The van der Waals surface area contributed by atoms with Crippen LogP contribution in [0, 0.1) is 0 Å². The third kappa shape index (κ3) is 1.99. The summed E-state index contributed by atoms with van der Waals surface area (Å²) in [5, 5.41) is 13.2. The number of nitrogens with zero attached hydrogens (tertiary/aromatic N) is 4. The van der Waals surface area contributed by atoms with E-state index in [0.717, 1.165) is 0 Å². The molecule has 0 bridgehead atoms. The van der Waals surface area contributed by atoms with Crippen molar-refractivity contribution in [1.29, 1.82) is 0 Å². The monoisotopic (exact) mass is 252 g/mol. The summed E-state index contributed by atoms with van der Waals surface area (Å²) in [7, 11) is 0. The Morgan fingerprint density at radius 2 is 2.12 bits per heavy atom. The van der Waals surface area contributed by atoms with Crippen LogP contribution >= 0.6 is 11.6 Å². The fourth-order valence-electron chi connectivity index (χ4n) is 1.43. The van der Waals surface area contributed by atoms with Crippen molar-refractivity contribution in [2.75, 3.05) is 0 Å². The van der Waals surface area contributed by atoms with Gasteiger partial charge < -0.3 is 5.11 Å². The molecule has 0 spiro atoms. The number of hydrogen-bond donors (Lipinski definition) is 1. The molecule has 0 unspecified atom stereocenters. The minimum absolute atomic E-state index is 0.00150. The predicted molar refractivity (Wildman–Crippen MR) is 60.5 cm³/mol. The molecule has 0 saturated heterocycles. The van der Waals surface area contributed by atoms with Crippen LogP contribution in [0.25, 0.3) is 5.95 Å². The average Bonchev–Trinajstić information content (AvgIpc) is 2.67. The van der Waals surface area contributed by atoms with Crippen molar-refractivity contribution in [3.8, 4) is 5.95 Å². The number of aromatic carboxylic acids is 1. The maximum Gasteiger partial charge on any atom is 0.340 e. The van der Waals surface area contributed by atoms with Crippen LogP contribution in [0.5, 0.6) is 0 Å². The molecule has 0 atom stereocenters. The van der Waals surface area contributed by atoms with E-state index in [0.29, 0.717) is 12.1 Å². The first kappa shape index (κ1) is 11.5. The van der Waals surface area contributed by atoms with Crippen LogP contribution in [0.15, 0.2) is 18.5 Å². The summed E-state index contributed by atoms with van der Waals surface area (Å²) in [6.07, 6.45) is 3.54. The lowest BCUT2D eigenvalue weighted by Crippen LogP contribution is -2.03. The van der Waals surface area contributed by atoms with Gasteiger partial charge in [-0.1, -0.05) is 18.5 Å². The number of halogens is 1. The van der Waals surface area contributed by atoms with E-state index in [1.807, 2.05) is 0 Å². The van der Waals surface area contributed by atoms with Crippen molar-refractivity contribution in [2.24, 2.45) is 0 Å². The molecule has 88 valence electrons. The Kier molecular flexibility index (Phi) is 3.06. The van der Waals surface area contributed by atoms with Gasteiger partial charge in [0.05, 0.1) is 5.69 Å². The smallest absolute Gasteiger partial charge is 0.340 e. The van der Waals surface area contributed by atoms with Gasteiger partial charge in [-0.05, 0) is 12.5 Å². The van der Waals surface area contributed by atoms with Crippen LogP contribution in [-0.2, 0) is 6.42 Å². The Bertz CT molecular complexity index is 553. The molecule has 2 heterocycles. The number of aryl methyl sites for hydroxylation is 1. The molecular weight excluding hydrogens is 244 g/mol. The van der Waals surface area contributed by atoms with Gasteiger partial charge in [-0.25, -0.2) is 14.8 Å². The first-order valence-electron chi connectivity index (χ1n) is 4.93. The maximum absolute atomic E-state index is 11.1. The Balaban J connectivity index is 2.61. The Morgan fingerprint density at radius 1 is 1.47 bits per heavy atom. The Morgan fingerprint density at radius 3 is 2.59 bits per heavy atom. The number of hydrogen-bond acceptors (Lipinski definition) is 4. The van der Waals surface area contributed by atoms with Gasteiger partial charge in [0, 0.05) is 12.4 Å². The van der Waals surface area contributed by atoms with Gasteiger partial charge in [0.2, 0.25) is 0 Å². The molecule has 2 rings (SSSR count). The summed E-state index contributed by atoms with van der Waals surface area (Å²) in [6, 6.07) is 1.65. The van der Waals surface area contributed by atoms with E-state index in [2.05, 4.69) is 15.1 Å². The first-order chi connectivity index (χ1) is 8.15. The quantitative estimate of drug-likeness (QED) is 0.897. The van der Waals surface area contributed by atoms with Crippen molar-refractivity contribution in [1.82, 2.24) is 19.7 Å². The minimum Gasteiger partial charge on any atom is -0.478 e. The molecule has 1 N–H and O–H groups in total. The highest BCUT2D eigenvalue weighted by molar-refractivity contribution is 6.32. The number of rotatable bonds is 3. The average molecular weight is 253 g/mol. The van der Waals surface area contributed by atoms with Gasteiger partial charge in [0.15, 0.2) is 5.15 Å². The van der Waals surface area contributed by atoms with Crippen LogP contribution in [0.2, 0.25) is 5.15 Å². The van der Waals surface area contributed by atoms with Crippen molar-refractivity contribution >= 4 is 17.6 Å². The molecule has 6 nitrogen and oxygen atoms in total. The molecule has 0 aliphatic carbocycles. The fourth-order valence-corrected chi connectivity index (χ4v) is 1.74. The molecular formula is C10H9ClN4O2. The SMILES string of the molecule is CCc1nn(-c2ncccn2)c(Cl)c1C(=O)O. The largest absolute Gasteiger partial charge is 0.478 e. The van der Waals surface area contributed by atoms with E-state index in [1.54, 1.807) is 13.0 Å². The van der Waals surface area contributed by atoms with Gasteiger partial charge >= 0.3 is 5.97 Å². The molecule has 7 heteroatoms. The second-order valence-electron chi connectivity index (χ2n) is 3.23. The van der Waals surface area contributed by atoms with Crippen molar-refractivity contribution in [3.63, 3.8) is 0 Å². The van der Waals surface area contributed by atoms with E-state index in [9.17, 15) is 4.79 Å². The van der Waals surface area contributed by atoms with Crippen LogP contribution < -0.4 is 0 Å². The van der Waals surface area contributed by atoms with E-state index >= 15 is 0 Å². The van der Waals surface area contributed by atoms with Crippen molar-refractivity contribution < 1.29 is 9.90 Å². The van der Waals surface area contributed by atoms with Gasteiger partial charge in [-0.15, -0.1) is 0 Å². The van der Waals surface area contributed by atoms with Gasteiger partial charge in [0.1, 0.15) is 5.56 Å². The summed E-state index contributed by atoms with van der Waals surface area (Å²) in [6.45, 7) is 1.81. The standard InChI is InChI=1S/C10H9ClN4O2/c1-2-6-7(9(16)17)8(11)15(14-6)10-12-4-3-5-13-10/h3-5H,2H2,1H3,(H,16,17). The molecule has 0 aliphatic heterocycles.